The van der Waals surface area contributed by atoms with Crippen molar-refractivity contribution in [2.75, 3.05) is 6.54 Å². The zero-order chi connectivity index (χ0) is 11.8. The maximum atomic E-state index is 7.56. The maximum absolute atomic E-state index is 7.56. The van der Waals surface area contributed by atoms with Crippen LogP contribution in [-0.4, -0.2) is 11.5 Å². The Balaban J connectivity index is 1.89. The summed E-state index contributed by atoms with van der Waals surface area (Å²) in [6, 6.07) is 6.87. The van der Waals surface area contributed by atoms with Crippen LogP contribution in [0.15, 0.2) is 23.7 Å². The van der Waals surface area contributed by atoms with Gasteiger partial charge in [0.05, 0.1) is 17.1 Å². The van der Waals surface area contributed by atoms with Crippen molar-refractivity contribution in [2.45, 2.75) is 25.8 Å². The van der Waals surface area contributed by atoms with E-state index in [0.29, 0.717) is 11.5 Å². The molecule has 1 aromatic carbocycles. The molecular weight excluding hydrogens is 216 g/mol. The molecule has 1 aliphatic rings. The van der Waals surface area contributed by atoms with Crippen LogP contribution in [0.3, 0.4) is 0 Å². The summed E-state index contributed by atoms with van der Waals surface area (Å²) in [5, 5.41) is 3.59. The van der Waals surface area contributed by atoms with Gasteiger partial charge in [-0.05, 0) is 43.0 Å². The Morgan fingerprint density at radius 3 is 3.25 bits per heavy atom. The lowest BCUT2D eigenvalue weighted by Crippen LogP contribution is -2.31. The third-order valence-electron chi connectivity index (χ3n) is 3.37. The molecule has 0 saturated carbocycles. The van der Waals surface area contributed by atoms with Gasteiger partial charge in [0.15, 0.2) is 0 Å². The highest BCUT2D eigenvalue weighted by molar-refractivity contribution is 7.16. The molecular formula is C13H16N2S. The van der Waals surface area contributed by atoms with Gasteiger partial charge in [0.2, 0.25) is 0 Å². The van der Waals surface area contributed by atoms with E-state index in [1.54, 1.807) is 0 Å². The maximum Gasteiger partial charge on any atom is 0.0960 e. The number of rotatable bonds is 1. The molecule has 2 heterocycles. The number of aromatic nitrogens is 1. The summed E-state index contributed by atoms with van der Waals surface area (Å²) in [6.07, 6.45) is 2.49. The molecule has 2 aromatic rings. The summed E-state index contributed by atoms with van der Waals surface area (Å²) >= 11 is 1.44. The monoisotopic (exact) mass is 233 g/mol. The number of benzene rings is 1. The molecule has 16 heavy (non-hydrogen) atoms. The lowest BCUT2D eigenvalue weighted by atomic mass is 9.92. The minimum Gasteiger partial charge on any atom is -0.310 e. The summed E-state index contributed by atoms with van der Waals surface area (Å²) < 4.78 is 8.67. The molecule has 0 aliphatic carbocycles. The first-order valence-electron chi connectivity index (χ1n) is 6.33. The molecule has 1 N–H and O–H groups in total. The fourth-order valence-electron chi connectivity index (χ4n) is 2.33. The second-order valence-corrected chi connectivity index (χ2v) is 5.50. The van der Waals surface area contributed by atoms with E-state index in [9.17, 15) is 0 Å². The van der Waals surface area contributed by atoms with Crippen molar-refractivity contribution in [3.05, 3.63) is 29.2 Å². The number of nitrogens with one attached hydrogen (secondary N) is 1. The van der Waals surface area contributed by atoms with E-state index in [-0.39, 0.29) is 0 Å². The molecule has 0 amide bonds. The molecule has 0 radical (unpaired) electrons. The molecule has 1 aliphatic heterocycles. The number of nitrogens with zero attached hydrogens (tertiary/aromatic N) is 1. The van der Waals surface area contributed by atoms with Crippen molar-refractivity contribution in [3.63, 3.8) is 0 Å². The lowest BCUT2D eigenvalue weighted by Gasteiger charge is -2.28. The van der Waals surface area contributed by atoms with E-state index < -0.39 is 0 Å². The van der Waals surface area contributed by atoms with Gasteiger partial charge in [0.1, 0.15) is 0 Å². The Labute approximate surface area is 101 Å². The summed E-state index contributed by atoms with van der Waals surface area (Å²) in [5.41, 5.74) is 2.69. The molecule has 0 unspecified atom stereocenters. The van der Waals surface area contributed by atoms with E-state index in [0.717, 1.165) is 22.7 Å². The Morgan fingerprint density at radius 1 is 1.50 bits per heavy atom. The molecule has 1 saturated heterocycles. The first kappa shape index (κ1) is 9.14. The van der Waals surface area contributed by atoms with Gasteiger partial charge in [-0.3, -0.25) is 0 Å². The predicted molar refractivity (Wildman–Crippen MR) is 68.8 cm³/mol. The normalized spacial score (nSPS) is 26.9. The Bertz CT molecular complexity index is 529. The Hall–Kier alpha value is -0.930. The molecule has 1 fully saturated rings. The minimum atomic E-state index is 0.405. The molecule has 2 atom stereocenters. The van der Waals surface area contributed by atoms with Gasteiger partial charge in [0, 0.05) is 6.04 Å². The molecule has 84 valence electrons. The van der Waals surface area contributed by atoms with Crippen molar-refractivity contribution >= 4 is 21.6 Å². The average molecular weight is 233 g/mol. The number of hydrogen-bond acceptors (Lipinski definition) is 3. The van der Waals surface area contributed by atoms with Gasteiger partial charge < -0.3 is 5.32 Å². The predicted octanol–water partition coefficient (Wildman–Crippen LogP) is 3.36. The molecule has 2 nitrogen and oxygen atoms in total. The highest BCUT2D eigenvalue weighted by atomic mass is 32.1. The molecule has 0 bridgehead atoms. The molecule has 0 spiro atoms. The van der Waals surface area contributed by atoms with E-state index in [4.69, 9.17) is 1.37 Å². The van der Waals surface area contributed by atoms with Gasteiger partial charge in [-0.1, -0.05) is 13.0 Å². The second-order valence-electron chi connectivity index (χ2n) is 4.68. The summed E-state index contributed by atoms with van der Waals surface area (Å²) in [4.78, 5) is 4.24. The van der Waals surface area contributed by atoms with Crippen molar-refractivity contribution in [1.29, 1.82) is 0 Å². The fraction of sp³-hybridized carbons (Fsp3) is 0.462. The lowest BCUT2D eigenvalue weighted by molar-refractivity contribution is 0.333. The highest BCUT2D eigenvalue weighted by Crippen LogP contribution is 2.28. The molecule has 1 aromatic heterocycles. The third kappa shape index (κ3) is 1.85. The largest absolute Gasteiger partial charge is 0.310 e. The zero-order valence-electron chi connectivity index (χ0n) is 10.4. The van der Waals surface area contributed by atoms with Crippen LogP contribution in [0.5, 0.6) is 0 Å². The first-order chi connectivity index (χ1) is 8.22. The summed E-state index contributed by atoms with van der Waals surface area (Å²) in [7, 11) is 0. The van der Waals surface area contributed by atoms with Gasteiger partial charge in [-0.15, -0.1) is 11.3 Å². The van der Waals surface area contributed by atoms with Crippen LogP contribution in [0.1, 0.15) is 32.7 Å². The third-order valence-corrected chi connectivity index (χ3v) is 4.12. The summed E-state index contributed by atoms with van der Waals surface area (Å²) in [6.45, 7) is 3.39. The van der Waals surface area contributed by atoms with Crippen LogP contribution in [0.25, 0.3) is 10.2 Å². The van der Waals surface area contributed by atoms with E-state index in [1.165, 1.54) is 29.7 Å². The van der Waals surface area contributed by atoms with Gasteiger partial charge in [0.25, 0.3) is 0 Å². The van der Waals surface area contributed by atoms with Crippen LogP contribution in [-0.2, 0) is 0 Å². The van der Waals surface area contributed by atoms with Crippen LogP contribution in [0.4, 0.5) is 0 Å². The number of thiazole rings is 1. The average Bonchev–Trinajstić information content (AvgIpc) is 2.69. The van der Waals surface area contributed by atoms with Crippen LogP contribution < -0.4 is 5.32 Å². The van der Waals surface area contributed by atoms with E-state index in [2.05, 4.69) is 35.4 Å². The number of fused-ring (bicyclic) bond motifs is 1. The molecule has 3 rings (SSSR count). The Morgan fingerprint density at radius 2 is 2.44 bits per heavy atom. The van der Waals surface area contributed by atoms with E-state index >= 15 is 0 Å². The van der Waals surface area contributed by atoms with Crippen molar-refractivity contribution in [2.24, 2.45) is 5.92 Å². The Kier molecular flexibility index (Phi) is 2.37. The van der Waals surface area contributed by atoms with Gasteiger partial charge in [-0.25, -0.2) is 4.98 Å². The van der Waals surface area contributed by atoms with Gasteiger partial charge in [-0.2, -0.15) is 0 Å². The fourth-order valence-corrected chi connectivity index (χ4v) is 2.92. The van der Waals surface area contributed by atoms with Gasteiger partial charge >= 0.3 is 0 Å². The minimum absolute atomic E-state index is 0.405. The zero-order valence-corrected chi connectivity index (χ0v) is 10.2. The number of hydrogen-bond donors (Lipinski definition) is 1. The number of piperidine rings is 1. The first-order valence-corrected chi connectivity index (χ1v) is 6.64. The smallest absolute Gasteiger partial charge is 0.0960 e. The topological polar surface area (TPSA) is 24.9 Å². The van der Waals surface area contributed by atoms with Crippen LogP contribution in [0, 0.1) is 5.92 Å². The van der Waals surface area contributed by atoms with Crippen molar-refractivity contribution in [3.8, 4) is 0 Å². The quantitative estimate of drug-likeness (QED) is 0.817. The van der Waals surface area contributed by atoms with Crippen molar-refractivity contribution < 1.29 is 1.37 Å². The molecule has 3 heteroatoms. The standard InChI is InChI=1S/C13H16N2S/c1-9-2-4-11(14-7-9)10-3-5-13-12(6-10)15-8-16-13/h3,5-6,8-9,11,14H,2,4,7H2,1H3/t9-,11+/m0/s1/i8D. The second kappa shape index (κ2) is 4.15. The van der Waals surface area contributed by atoms with Crippen molar-refractivity contribution in [1.82, 2.24) is 10.3 Å². The SMILES string of the molecule is [2H]c1nc2cc([C@H]3CC[C@H](C)CN3)ccc2s1. The van der Waals surface area contributed by atoms with E-state index in [1.807, 2.05) is 0 Å². The summed E-state index contributed by atoms with van der Waals surface area (Å²) in [5.74, 6) is 0.786. The van der Waals surface area contributed by atoms with Crippen LogP contribution in [0.2, 0.25) is 0 Å². The highest BCUT2D eigenvalue weighted by Gasteiger charge is 2.19. The van der Waals surface area contributed by atoms with Crippen LogP contribution >= 0.6 is 11.3 Å².